The Morgan fingerprint density at radius 3 is 2.41 bits per heavy atom. The fourth-order valence-electron chi connectivity index (χ4n) is 3.54. The molecule has 0 N–H and O–H groups in total. The van der Waals surface area contributed by atoms with Crippen LogP contribution >= 0.6 is 0 Å². The number of rotatable bonds is 1. The first-order chi connectivity index (χ1) is 10.9. The zero-order chi connectivity index (χ0) is 14.5. The van der Waals surface area contributed by atoms with Gasteiger partial charge in [-0.2, -0.15) is 0 Å². The summed E-state index contributed by atoms with van der Waals surface area (Å²) >= 11 is 0. The normalized spacial score (nSPS) is 11.6. The SMILES string of the molecule is [c]1ccc2c(-c3ccccc3)cc3cccc4ccc1c2c43. The van der Waals surface area contributed by atoms with Gasteiger partial charge in [0.2, 0.25) is 0 Å². The molecule has 0 amide bonds. The highest BCUT2D eigenvalue weighted by molar-refractivity contribution is 6.26. The lowest BCUT2D eigenvalue weighted by atomic mass is 9.89. The predicted molar refractivity (Wildman–Crippen MR) is 94.4 cm³/mol. The van der Waals surface area contributed by atoms with Crippen molar-refractivity contribution in [3.05, 3.63) is 84.9 Å². The molecule has 0 aromatic heterocycles. The van der Waals surface area contributed by atoms with Gasteiger partial charge in [0.1, 0.15) is 0 Å². The lowest BCUT2D eigenvalue weighted by molar-refractivity contribution is 1.67. The monoisotopic (exact) mass is 277 g/mol. The lowest BCUT2D eigenvalue weighted by Gasteiger charge is -2.14. The molecule has 101 valence electrons. The van der Waals surface area contributed by atoms with Gasteiger partial charge in [-0.1, -0.05) is 72.8 Å². The Morgan fingerprint density at radius 2 is 1.50 bits per heavy atom. The second-order valence-corrected chi connectivity index (χ2v) is 5.75. The maximum atomic E-state index is 3.39. The van der Waals surface area contributed by atoms with Gasteiger partial charge < -0.3 is 0 Å². The first kappa shape index (κ1) is 11.8. The predicted octanol–water partition coefficient (Wildman–Crippen LogP) is 6.05. The van der Waals surface area contributed by atoms with Crippen molar-refractivity contribution in [3.63, 3.8) is 0 Å². The molecule has 0 fully saturated rings. The first-order valence-electron chi connectivity index (χ1n) is 7.55. The van der Waals surface area contributed by atoms with E-state index in [1.807, 2.05) is 6.07 Å². The van der Waals surface area contributed by atoms with Gasteiger partial charge in [-0.3, -0.25) is 0 Å². The summed E-state index contributed by atoms with van der Waals surface area (Å²) in [4.78, 5) is 0. The number of hydrogen-bond donors (Lipinski definition) is 0. The van der Waals surface area contributed by atoms with E-state index in [1.54, 1.807) is 0 Å². The highest BCUT2D eigenvalue weighted by Crippen LogP contribution is 2.39. The van der Waals surface area contributed by atoms with Crippen molar-refractivity contribution >= 4 is 32.3 Å². The van der Waals surface area contributed by atoms with Crippen LogP contribution in [0.4, 0.5) is 0 Å². The van der Waals surface area contributed by atoms with Crippen LogP contribution in [0, 0.1) is 6.07 Å². The molecule has 5 aromatic rings. The minimum absolute atomic E-state index is 1.19. The standard InChI is InChI=1S/C22H13/c1-2-6-15(7-3-1)20-14-18-10-4-8-16-12-13-17-9-5-11-19(20)22(17)21(16)18/h1-8,10-14H. The summed E-state index contributed by atoms with van der Waals surface area (Å²) in [6.07, 6.45) is 0. The first-order valence-corrected chi connectivity index (χ1v) is 7.55. The Hall–Kier alpha value is -2.86. The molecule has 0 unspecified atom stereocenters. The van der Waals surface area contributed by atoms with Crippen molar-refractivity contribution in [1.82, 2.24) is 0 Å². The van der Waals surface area contributed by atoms with E-state index < -0.39 is 0 Å². The smallest absolute Gasteiger partial charge is 0.00143 e. The molecule has 0 spiro atoms. The van der Waals surface area contributed by atoms with Crippen molar-refractivity contribution in [1.29, 1.82) is 0 Å². The maximum absolute atomic E-state index is 3.39. The quantitative estimate of drug-likeness (QED) is 0.327. The van der Waals surface area contributed by atoms with Crippen LogP contribution in [0.2, 0.25) is 0 Å². The zero-order valence-corrected chi connectivity index (χ0v) is 12.0. The highest BCUT2D eigenvalue weighted by atomic mass is 14.1. The van der Waals surface area contributed by atoms with Crippen LogP contribution in [0.5, 0.6) is 0 Å². The van der Waals surface area contributed by atoms with Gasteiger partial charge in [0, 0.05) is 0 Å². The van der Waals surface area contributed by atoms with E-state index in [0.717, 1.165) is 0 Å². The molecule has 0 nitrogen and oxygen atoms in total. The lowest BCUT2D eigenvalue weighted by Crippen LogP contribution is -1.87. The summed E-state index contributed by atoms with van der Waals surface area (Å²) in [6, 6.07) is 31.5. The molecule has 5 aromatic carbocycles. The average molecular weight is 277 g/mol. The summed E-state index contributed by atoms with van der Waals surface area (Å²) < 4.78 is 0. The minimum Gasteiger partial charge on any atom is -0.0622 e. The minimum atomic E-state index is 1.19. The second-order valence-electron chi connectivity index (χ2n) is 5.75. The van der Waals surface area contributed by atoms with Crippen molar-refractivity contribution in [2.24, 2.45) is 0 Å². The maximum Gasteiger partial charge on any atom is -0.00143 e. The van der Waals surface area contributed by atoms with Crippen molar-refractivity contribution in [2.45, 2.75) is 0 Å². The highest BCUT2D eigenvalue weighted by Gasteiger charge is 2.12. The Labute approximate surface area is 129 Å². The van der Waals surface area contributed by atoms with E-state index in [1.165, 1.54) is 43.4 Å². The van der Waals surface area contributed by atoms with Gasteiger partial charge in [-0.05, 0) is 55.6 Å². The fourth-order valence-corrected chi connectivity index (χ4v) is 3.54. The van der Waals surface area contributed by atoms with Crippen LogP contribution in [0.25, 0.3) is 43.4 Å². The molecular weight excluding hydrogens is 264 g/mol. The Balaban J connectivity index is 2.07. The molecule has 5 rings (SSSR count). The van der Waals surface area contributed by atoms with E-state index in [2.05, 4.69) is 78.9 Å². The molecule has 1 radical (unpaired) electrons. The van der Waals surface area contributed by atoms with Crippen LogP contribution in [0.1, 0.15) is 0 Å². The summed E-state index contributed by atoms with van der Waals surface area (Å²) in [5.74, 6) is 0. The third-order valence-electron chi connectivity index (χ3n) is 4.51. The molecule has 0 saturated heterocycles. The van der Waals surface area contributed by atoms with Crippen molar-refractivity contribution in [2.75, 3.05) is 0 Å². The molecule has 0 atom stereocenters. The van der Waals surface area contributed by atoms with Gasteiger partial charge in [-0.15, -0.1) is 0 Å². The van der Waals surface area contributed by atoms with Crippen molar-refractivity contribution < 1.29 is 0 Å². The fraction of sp³-hybridized carbons (Fsp3) is 0. The number of hydrogen-bond acceptors (Lipinski definition) is 0. The van der Waals surface area contributed by atoms with Gasteiger partial charge in [0.25, 0.3) is 0 Å². The summed E-state index contributed by atoms with van der Waals surface area (Å²) in [7, 11) is 0. The second kappa shape index (κ2) is 4.32. The molecule has 0 aliphatic rings. The average Bonchev–Trinajstić information content (AvgIpc) is 2.60. The zero-order valence-electron chi connectivity index (χ0n) is 12.0. The van der Waals surface area contributed by atoms with E-state index in [-0.39, 0.29) is 0 Å². The molecule has 0 saturated carbocycles. The Kier molecular flexibility index (Phi) is 2.31. The van der Waals surface area contributed by atoms with Gasteiger partial charge >= 0.3 is 0 Å². The van der Waals surface area contributed by atoms with Crippen LogP contribution in [-0.2, 0) is 0 Å². The van der Waals surface area contributed by atoms with E-state index in [4.69, 9.17) is 0 Å². The van der Waals surface area contributed by atoms with Crippen molar-refractivity contribution in [3.8, 4) is 11.1 Å². The summed E-state index contributed by atoms with van der Waals surface area (Å²) in [6.45, 7) is 0. The molecule has 22 heavy (non-hydrogen) atoms. The van der Waals surface area contributed by atoms with E-state index >= 15 is 0 Å². The van der Waals surface area contributed by atoms with Crippen LogP contribution in [0.3, 0.4) is 0 Å². The topological polar surface area (TPSA) is 0 Å². The molecule has 0 bridgehead atoms. The molecular formula is C22H13. The van der Waals surface area contributed by atoms with Gasteiger partial charge in [0.05, 0.1) is 0 Å². The van der Waals surface area contributed by atoms with Crippen LogP contribution in [0.15, 0.2) is 78.9 Å². The molecule has 0 heterocycles. The Morgan fingerprint density at radius 1 is 0.636 bits per heavy atom. The Bertz CT molecular complexity index is 1100. The largest absolute Gasteiger partial charge is 0.0622 e. The molecule has 0 heteroatoms. The van der Waals surface area contributed by atoms with E-state index in [9.17, 15) is 0 Å². The molecule has 0 aliphatic carbocycles. The van der Waals surface area contributed by atoms with Crippen LogP contribution < -0.4 is 0 Å². The summed E-state index contributed by atoms with van der Waals surface area (Å²) in [5.41, 5.74) is 2.56. The third-order valence-corrected chi connectivity index (χ3v) is 4.51. The van der Waals surface area contributed by atoms with Gasteiger partial charge in [0.15, 0.2) is 0 Å². The third kappa shape index (κ3) is 1.52. The molecule has 0 aliphatic heterocycles. The van der Waals surface area contributed by atoms with Crippen LogP contribution in [-0.4, -0.2) is 0 Å². The number of benzene rings is 5. The summed E-state index contributed by atoms with van der Waals surface area (Å²) in [5, 5.41) is 7.79. The van der Waals surface area contributed by atoms with E-state index in [0.29, 0.717) is 0 Å². The van der Waals surface area contributed by atoms with Gasteiger partial charge in [-0.25, -0.2) is 0 Å².